The number of aromatic nitrogens is 2. The van der Waals surface area contributed by atoms with Crippen molar-refractivity contribution in [2.75, 3.05) is 19.0 Å². The highest BCUT2D eigenvalue weighted by molar-refractivity contribution is 5.89. The van der Waals surface area contributed by atoms with Gasteiger partial charge in [0.25, 0.3) is 0 Å². The van der Waals surface area contributed by atoms with Crippen LogP contribution >= 0.6 is 0 Å². The van der Waals surface area contributed by atoms with E-state index in [4.69, 9.17) is 9.26 Å². The SMILES string of the molecule is COCCc1noc(CNC(=O)Nc2cccc(C(F)(F)F)c2F)n1. The first-order chi connectivity index (χ1) is 11.8. The predicted octanol–water partition coefficient (Wildman–Crippen LogP) is 2.74. The summed E-state index contributed by atoms with van der Waals surface area (Å²) in [5.74, 6) is -1.10. The molecule has 2 rings (SSSR count). The summed E-state index contributed by atoms with van der Waals surface area (Å²) in [6.45, 7) is 0.216. The Morgan fingerprint density at radius 3 is 2.80 bits per heavy atom. The van der Waals surface area contributed by atoms with Crippen LogP contribution in [0.3, 0.4) is 0 Å². The first-order valence-electron chi connectivity index (χ1n) is 7.02. The molecule has 0 saturated carbocycles. The fourth-order valence-electron chi connectivity index (χ4n) is 1.83. The fourth-order valence-corrected chi connectivity index (χ4v) is 1.83. The van der Waals surface area contributed by atoms with Crippen LogP contribution in [0, 0.1) is 5.82 Å². The first kappa shape index (κ1) is 18.6. The predicted molar refractivity (Wildman–Crippen MR) is 77.1 cm³/mol. The number of carbonyl (C=O) groups excluding carboxylic acids is 1. The third kappa shape index (κ3) is 5.14. The van der Waals surface area contributed by atoms with Gasteiger partial charge in [-0.3, -0.25) is 0 Å². The molecule has 11 heteroatoms. The van der Waals surface area contributed by atoms with E-state index in [1.807, 2.05) is 5.32 Å². The Morgan fingerprint density at radius 2 is 2.12 bits per heavy atom. The van der Waals surface area contributed by atoms with Gasteiger partial charge in [-0.2, -0.15) is 18.2 Å². The summed E-state index contributed by atoms with van der Waals surface area (Å²) in [5, 5.41) is 7.92. The van der Waals surface area contributed by atoms with Crippen molar-refractivity contribution in [3.8, 4) is 0 Å². The van der Waals surface area contributed by atoms with E-state index in [1.165, 1.54) is 7.11 Å². The van der Waals surface area contributed by atoms with Gasteiger partial charge in [-0.1, -0.05) is 11.2 Å². The van der Waals surface area contributed by atoms with Gasteiger partial charge in [0.2, 0.25) is 5.89 Å². The molecular formula is C14H14F4N4O3. The molecule has 0 unspecified atom stereocenters. The number of hydrogen-bond donors (Lipinski definition) is 2. The molecule has 2 amide bonds. The molecule has 0 spiro atoms. The lowest BCUT2D eigenvalue weighted by atomic mass is 10.2. The molecule has 7 nitrogen and oxygen atoms in total. The second-order valence-electron chi connectivity index (χ2n) is 4.82. The lowest BCUT2D eigenvalue weighted by Crippen LogP contribution is -2.29. The monoisotopic (exact) mass is 362 g/mol. The Balaban J connectivity index is 1.93. The van der Waals surface area contributed by atoms with E-state index in [9.17, 15) is 22.4 Å². The van der Waals surface area contributed by atoms with Crippen LogP contribution in [0.4, 0.5) is 28.0 Å². The largest absolute Gasteiger partial charge is 0.419 e. The standard InChI is InChI=1S/C14H14F4N4O3/c1-24-6-5-10-21-11(25-22-10)7-19-13(23)20-9-4-2-3-8(12(9)15)14(16,17)18/h2-4H,5-7H2,1H3,(H2,19,20,23). The maximum atomic E-state index is 13.8. The fraction of sp³-hybridized carbons (Fsp3) is 0.357. The Morgan fingerprint density at radius 1 is 1.36 bits per heavy atom. The van der Waals surface area contributed by atoms with Crippen molar-refractivity contribution >= 4 is 11.7 Å². The van der Waals surface area contributed by atoms with Gasteiger partial charge < -0.3 is 19.9 Å². The molecule has 0 aliphatic carbocycles. The van der Waals surface area contributed by atoms with Gasteiger partial charge in [-0.15, -0.1) is 0 Å². The highest BCUT2D eigenvalue weighted by atomic mass is 19.4. The number of urea groups is 1. The minimum Gasteiger partial charge on any atom is -0.384 e. The first-order valence-corrected chi connectivity index (χ1v) is 7.02. The zero-order chi connectivity index (χ0) is 18.4. The number of hydrogen-bond acceptors (Lipinski definition) is 5. The van der Waals surface area contributed by atoms with Gasteiger partial charge in [0.15, 0.2) is 11.6 Å². The summed E-state index contributed by atoms with van der Waals surface area (Å²) < 4.78 is 61.4. The maximum Gasteiger partial charge on any atom is 0.419 e. The summed E-state index contributed by atoms with van der Waals surface area (Å²) in [6, 6.07) is 1.66. The molecule has 25 heavy (non-hydrogen) atoms. The van der Waals surface area contributed by atoms with Gasteiger partial charge in [0, 0.05) is 13.5 Å². The molecule has 0 aliphatic rings. The molecule has 0 bridgehead atoms. The highest BCUT2D eigenvalue weighted by Crippen LogP contribution is 2.33. The molecule has 0 aliphatic heterocycles. The normalized spacial score (nSPS) is 11.4. The van der Waals surface area contributed by atoms with Gasteiger partial charge in [0.1, 0.15) is 0 Å². The van der Waals surface area contributed by atoms with E-state index in [1.54, 1.807) is 0 Å². The van der Waals surface area contributed by atoms with Crippen LogP contribution in [0.1, 0.15) is 17.3 Å². The number of halogens is 4. The van der Waals surface area contributed by atoms with Crippen molar-refractivity contribution in [3.05, 3.63) is 41.3 Å². The lowest BCUT2D eigenvalue weighted by molar-refractivity contribution is -0.139. The third-order valence-corrected chi connectivity index (χ3v) is 2.99. The van der Waals surface area contributed by atoms with Crippen LogP contribution < -0.4 is 10.6 Å². The number of benzene rings is 1. The number of alkyl halides is 3. The van der Waals surface area contributed by atoms with Crippen LogP contribution in [-0.2, 0) is 23.9 Å². The van der Waals surface area contributed by atoms with E-state index in [0.29, 0.717) is 24.9 Å². The van der Waals surface area contributed by atoms with Gasteiger partial charge in [-0.25, -0.2) is 9.18 Å². The van der Waals surface area contributed by atoms with E-state index in [2.05, 4.69) is 15.5 Å². The lowest BCUT2D eigenvalue weighted by Gasteiger charge is -2.12. The van der Waals surface area contributed by atoms with Crippen LogP contribution in [0.15, 0.2) is 22.7 Å². The molecule has 2 N–H and O–H groups in total. The van der Waals surface area contributed by atoms with Crippen LogP contribution in [0.5, 0.6) is 0 Å². The van der Waals surface area contributed by atoms with Crippen LogP contribution in [0.2, 0.25) is 0 Å². The van der Waals surface area contributed by atoms with Crippen molar-refractivity contribution < 1.29 is 31.6 Å². The van der Waals surface area contributed by atoms with Gasteiger partial charge in [-0.05, 0) is 12.1 Å². The average molecular weight is 362 g/mol. The van der Waals surface area contributed by atoms with Crippen molar-refractivity contribution in [1.29, 1.82) is 0 Å². The van der Waals surface area contributed by atoms with E-state index in [0.717, 1.165) is 12.1 Å². The van der Waals surface area contributed by atoms with Crippen molar-refractivity contribution in [1.82, 2.24) is 15.5 Å². The minimum atomic E-state index is -4.86. The number of nitrogens with one attached hydrogen (secondary N) is 2. The molecule has 1 heterocycles. The summed E-state index contributed by atoms with van der Waals surface area (Å²) in [6.07, 6.45) is -4.44. The number of nitrogens with zero attached hydrogens (tertiary/aromatic N) is 2. The summed E-state index contributed by atoms with van der Waals surface area (Å²) in [5.41, 5.74) is -2.07. The number of carbonyl (C=O) groups is 1. The molecule has 0 fully saturated rings. The van der Waals surface area contributed by atoms with E-state index >= 15 is 0 Å². The highest BCUT2D eigenvalue weighted by Gasteiger charge is 2.35. The van der Waals surface area contributed by atoms with Gasteiger partial charge >= 0.3 is 12.2 Å². The Bertz CT molecular complexity index is 733. The number of anilines is 1. The third-order valence-electron chi connectivity index (χ3n) is 2.99. The number of methoxy groups -OCH3 is 1. The van der Waals surface area contributed by atoms with Crippen molar-refractivity contribution in [2.45, 2.75) is 19.1 Å². The topological polar surface area (TPSA) is 89.3 Å². The average Bonchev–Trinajstić information content (AvgIpc) is 3.00. The number of rotatable bonds is 6. The molecular weight excluding hydrogens is 348 g/mol. The quantitative estimate of drug-likeness (QED) is 0.772. The Hall–Kier alpha value is -2.69. The maximum absolute atomic E-state index is 13.8. The van der Waals surface area contributed by atoms with E-state index in [-0.39, 0.29) is 12.4 Å². The van der Waals surface area contributed by atoms with Crippen molar-refractivity contribution in [2.24, 2.45) is 0 Å². The second kappa shape index (κ2) is 7.92. The van der Waals surface area contributed by atoms with Crippen LogP contribution in [-0.4, -0.2) is 29.9 Å². The summed E-state index contributed by atoms with van der Waals surface area (Å²) in [7, 11) is 1.51. The molecule has 136 valence electrons. The molecule has 0 radical (unpaired) electrons. The van der Waals surface area contributed by atoms with Crippen molar-refractivity contribution in [3.63, 3.8) is 0 Å². The zero-order valence-electron chi connectivity index (χ0n) is 13.0. The van der Waals surface area contributed by atoms with Gasteiger partial charge in [0.05, 0.1) is 24.4 Å². The van der Waals surface area contributed by atoms with Crippen LogP contribution in [0.25, 0.3) is 0 Å². The summed E-state index contributed by atoms with van der Waals surface area (Å²) >= 11 is 0. The molecule has 2 aromatic rings. The molecule has 1 aromatic heterocycles. The zero-order valence-corrected chi connectivity index (χ0v) is 13.0. The Labute approximate surface area is 139 Å². The molecule has 0 atom stereocenters. The summed E-state index contributed by atoms with van der Waals surface area (Å²) in [4.78, 5) is 15.7. The smallest absolute Gasteiger partial charge is 0.384 e. The second-order valence-corrected chi connectivity index (χ2v) is 4.82. The Kier molecular flexibility index (Phi) is 5.91. The number of amides is 2. The molecule has 1 aromatic carbocycles. The molecule has 0 saturated heterocycles. The van der Waals surface area contributed by atoms with E-state index < -0.39 is 29.3 Å². The minimum absolute atomic E-state index is 0.0887. The number of ether oxygens (including phenoxy) is 1.